The average Bonchev–Trinajstić information content (AvgIpc) is 2.50. The Balaban J connectivity index is 2.39. The highest BCUT2D eigenvalue weighted by atomic mass is 79.9. The summed E-state index contributed by atoms with van der Waals surface area (Å²) in [4.78, 5) is 0. The lowest BCUT2D eigenvalue weighted by Crippen LogP contribution is -2.09. The Morgan fingerprint density at radius 1 is 0.900 bits per heavy atom. The molecule has 0 aliphatic rings. The number of hydrogen-bond acceptors (Lipinski definition) is 2. The van der Waals surface area contributed by atoms with Crippen molar-refractivity contribution in [2.75, 3.05) is 0 Å². The van der Waals surface area contributed by atoms with Gasteiger partial charge in [-0.3, -0.25) is 0 Å². The summed E-state index contributed by atoms with van der Waals surface area (Å²) in [7, 11) is 0. The molecule has 0 aliphatic carbocycles. The van der Waals surface area contributed by atoms with E-state index in [0.29, 0.717) is 6.42 Å². The molecule has 0 saturated heterocycles. The van der Waals surface area contributed by atoms with Crippen LogP contribution in [0, 0.1) is 22.7 Å². The fourth-order valence-corrected chi connectivity index (χ4v) is 2.56. The lowest BCUT2D eigenvalue weighted by Gasteiger charge is -2.20. The van der Waals surface area contributed by atoms with Gasteiger partial charge in [0.25, 0.3) is 0 Å². The third kappa shape index (κ3) is 3.26. The predicted octanol–water partition coefficient (Wildman–Crippen LogP) is 4.75. The highest BCUT2D eigenvalue weighted by molar-refractivity contribution is 9.10. The first-order valence-electron chi connectivity index (χ1n) is 6.33. The quantitative estimate of drug-likeness (QED) is 0.814. The van der Waals surface area contributed by atoms with E-state index in [-0.39, 0.29) is 11.8 Å². The number of rotatable bonds is 4. The summed E-state index contributed by atoms with van der Waals surface area (Å²) in [6.07, 6.45) is 0.332. The molecule has 0 aliphatic heterocycles. The molecule has 0 unspecified atom stereocenters. The molecular weight excluding hydrogens is 312 g/mol. The molecule has 2 aromatic rings. The van der Waals surface area contributed by atoms with Crippen molar-refractivity contribution in [3.8, 4) is 12.1 Å². The van der Waals surface area contributed by atoms with Gasteiger partial charge in [-0.25, -0.2) is 0 Å². The molecule has 0 spiro atoms. The van der Waals surface area contributed by atoms with Crippen molar-refractivity contribution >= 4 is 15.9 Å². The normalized spacial score (nSPS) is 12.9. The summed E-state index contributed by atoms with van der Waals surface area (Å²) < 4.78 is 0.981. The van der Waals surface area contributed by atoms with Gasteiger partial charge in [-0.15, -0.1) is 0 Å². The van der Waals surface area contributed by atoms with E-state index >= 15 is 0 Å². The molecule has 0 bridgehead atoms. The average molecular weight is 325 g/mol. The van der Waals surface area contributed by atoms with Gasteiger partial charge in [-0.1, -0.05) is 58.4 Å². The van der Waals surface area contributed by atoms with E-state index in [9.17, 15) is 5.26 Å². The molecule has 0 heterocycles. The van der Waals surface area contributed by atoms with Crippen molar-refractivity contribution in [2.24, 2.45) is 0 Å². The van der Waals surface area contributed by atoms with Crippen molar-refractivity contribution in [1.82, 2.24) is 0 Å². The maximum atomic E-state index is 9.54. The van der Waals surface area contributed by atoms with E-state index in [1.54, 1.807) is 0 Å². The van der Waals surface area contributed by atoms with Crippen molar-refractivity contribution in [2.45, 2.75) is 18.3 Å². The maximum Gasteiger partial charge on any atom is 0.0791 e. The van der Waals surface area contributed by atoms with Gasteiger partial charge in [0, 0.05) is 16.8 Å². The van der Waals surface area contributed by atoms with Crippen LogP contribution in [0.1, 0.15) is 29.4 Å². The minimum atomic E-state index is -0.315. The van der Waals surface area contributed by atoms with Gasteiger partial charge in [0.2, 0.25) is 0 Å². The molecule has 0 saturated carbocycles. The highest BCUT2D eigenvalue weighted by Crippen LogP contribution is 2.35. The Labute approximate surface area is 127 Å². The molecule has 2 aromatic carbocycles. The summed E-state index contributed by atoms with van der Waals surface area (Å²) in [5, 5.41) is 18.6. The van der Waals surface area contributed by atoms with Crippen LogP contribution in [0.2, 0.25) is 0 Å². The Morgan fingerprint density at radius 3 is 2.10 bits per heavy atom. The number of nitriles is 2. The van der Waals surface area contributed by atoms with Gasteiger partial charge in [0.15, 0.2) is 0 Å². The van der Waals surface area contributed by atoms with E-state index < -0.39 is 0 Å². The summed E-state index contributed by atoms with van der Waals surface area (Å²) >= 11 is 3.39. The summed E-state index contributed by atoms with van der Waals surface area (Å²) in [6.45, 7) is 0. The first kappa shape index (κ1) is 14.3. The van der Waals surface area contributed by atoms with Crippen LogP contribution in [-0.4, -0.2) is 0 Å². The molecule has 98 valence electrons. The molecule has 2 rings (SSSR count). The predicted molar refractivity (Wildman–Crippen MR) is 81.9 cm³/mol. The van der Waals surface area contributed by atoms with E-state index in [1.807, 2.05) is 54.6 Å². The first-order chi connectivity index (χ1) is 9.76. The van der Waals surface area contributed by atoms with E-state index in [0.717, 1.165) is 15.6 Å². The van der Waals surface area contributed by atoms with Crippen LogP contribution in [0.15, 0.2) is 59.1 Å². The van der Waals surface area contributed by atoms with Crippen molar-refractivity contribution in [3.05, 3.63) is 70.2 Å². The van der Waals surface area contributed by atoms with Crippen LogP contribution in [0.4, 0.5) is 0 Å². The summed E-state index contributed by atoms with van der Waals surface area (Å²) in [6, 6.07) is 22.1. The fraction of sp³-hybridized carbons (Fsp3) is 0.176. The molecule has 2 nitrogen and oxygen atoms in total. The molecule has 0 radical (unpaired) electrons. The van der Waals surface area contributed by atoms with Crippen LogP contribution < -0.4 is 0 Å². The Kier molecular flexibility index (Phi) is 4.93. The van der Waals surface area contributed by atoms with Crippen molar-refractivity contribution in [3.63, 3.8) is 0 Å². The standard InChI is InChI=1S/C17H13BrN2/c18-15-8-6-14(7-9-15)17(12-20)16(10-11-19)13-4-2-1-3-5-13/h1-9,16-17H,10H2/t16-,17+/m0/s1. The lowest BCUT2D eigenvalue weighted by atomic mass is 9.80. The first-order valence-corrected chi connectivity index (χ1v) is 7.12. The van der Waals surface area contributed by atoms with E-state index in [4.69, 9.17) is 5.26 Å². The Morgan fingerprint density at radius 2 is 1.55 bits per heavy atom. The lowest BCUT2D eigenvalue weighted by molar-refractivity contribution is 0.641. The molecule has 0 aromatic heterocycles. The van der Waals surface area contributed by atoms with E-state index in [1.165, 1.54) is 0 Å². The highest BCUT2D eigenvalue weighted by Gasteiger charge is 2.24. The zero-order chi connectivity index (χ0) is 14.4. The van der Waals surface area contributed by atoms with Gasteiger partial charge >= 0.3 is 0 Å². The molecular formula is C17H13BrN2. The molecule has 3 heteroatoms. The molecule has 0 N–H and O–H groups in total. The number of halogens is 1. The third-order valence-corrected chi connectivity index (χ3v) is 3.84. The molecule has 0 fully saturated rings. The Hall–Kier alpha value is -2.10. The third-order valence-electron chi connectivity index (χ3n) is 3.31. The maximum absolute atomic E-state index is 9.54. The minimum absolute atomic E-state index is 0.104. The number of hydrogen-bond donors (Lipinski definition) is 0. The van der Waals surface area contributed by atoms with Crippen molar-refractivity contribution in [1.29, 1.82) is 10.5 Å². The molecule has 0 amide bonds. The van der Waals surface area contributed by atoms with Crippen LogP contribution in [-0.2, 0) is 0 Å². The molecule has 2 atom stereocenters. The second-order valence-corrected chi connectivity index (χ2v) is 5.45. The number of benzene rings is 2. The Bertz CT molecular complexity index is 635. The second kappa shape index (κ2) is 6.89. The van der Waals surface area contributed by atoms with Crippen molar-refractivity contribution < 1.29 is 0 Å². The van der Waals surface area contributed by atoms with Crippen LogP contribution in [0.3, 0.4) is 0 Å². The van der Waals surface area contributed by atoms with Crippen LogP contribution >= 0.6 is 15.9 Å². The SMILES string of the molecule is N#CC[C@@H](c1ccccc1)[C@H](C#N)c1ccc(Br)cc1. The van der Waals surface area contributed by atoms with Gasteiger partial charge in [0.1, 0.15) is 0 Å². The summed E-state index contributed by atoms with van der Waals surface area (Å²) in [5.41, 5.74) is 1.98. The van der Waals surface area contributed by atoms with E-state index in [2.05, 4.69) is 28.1 Å². The number of nitrogens with zero attached hydrogens (tertiary/aromatic N) is 2. The fourth-order valence-electron chi connectivity index (χ4n) is 2.29. The van der Waals surface area contributed by atoms with Crippen LogP contribution in [0.5, 0.6) is 0 Å². The molecule has 20 heavy (non-hydrogen) atoms. The topological polar surface area (TPSA) is 47.6 Å². The minimum Gasteiger partial charge on any atom is -0.198 e. The zero-order valence-electron chi connectivity index (χ0n) is 10.8. The zero-order valence-corrected chi connectivity index (χ0v) is 12.4. The van der Waals surface area contributed by atoms with Crippen LogP contribution in [0.25, 0.3) is 0 Å². The second-order valence-electron chi connectivity index (χ2n) is 4.54. The van der Waals surface area contributed by atoms with Gasteiger partial charge in [0.05, 0.1) is 18.1 Å². The van der Waals surface area contributed by atoms with Gasteiger partial charge in [-0.2, -0.15) is 10.5 Å². The van der Waals surface area contributed by atoms with Gasteiger partial charge in [-0.05, 0) is 23.3 Å². The smallest absolute Gasteiger partial charge is 0.0791 e. The summed E-state index contributed by atoms with van der Waals surface area (Å²) in [5.74, 6) is -0.419. The largest absolute Gasteiger partial charge is 0.198 e. The monoisotopic (exact) mass is 324 g/mol. The van der Waals surface area contributed by atoms with Gasteiger partial charge < -0.3 is 0 Å².